The van der Waals surface area contributed by atoms with Gasteiger partial charge >= 0.3 is 6.03 Å². The van der Waals surface area contributed by atoms with E-state index in [1.807, 2.05) is 35.2 Å². The van der Waals surface area contributed by atoms with E-state index in [1.165, 1.54) is 0 Å². The number of thioether (sulfide) groups is 1. The normalized spacial score (nSPS) is 17.9. The van der Waals surface area contributed by atoms with Crippen molar-refractivity contribution in [2.45, 2.75) is 13.0 Å². The lowest BCUT2D eigenvalue weighted by Gasteiger charge is -2.27. The van der Waals surface area contributed by atoms with Gasteiger partial charge in [-0.3, -0.25) is 0 Å². The summed E-state index contributed by atoms with van der Waals surface area (Å²) in [5, 5.41) is 10.7. The van der Waals surface area contributed by atoms with Gasteiger partial charge in [-0.05, 0) is 6.92 Å². The molecular weight excluding hydrogens is 238 g/mol. The number of rotatable bonds is 2. The van der Waals surface area contributed by atoms with Gasteiger partial charge in [0.15, 0.2) is 5.82 Å². The molecule has 6 nitrogen and oxygen atoms in total. The Labute approximate surface area is 105 Å². The Morgan fingerprint density at radius 2 is 2.24 bits per heavy atom. The summed E-state index contributed by atoms with van der Waals surface area (Å²) in [6, 6.07) is -0.134. The Balaban J connectivity index is 1.92. The monoisotopic (exact) mass is 255 g/mol. The maximum atomic E-state index is 12.0. The highest BCUT2D eigenvalue weighted by Gasteiger charge is 2.20. The molecule has 1 aromatic rings. The van der Waals surface area contributed by atoms with Crippen molar-refractivity contribution in [3.05, 3.63) is 12.2 Å². The van der Waals surface area contributed by atoms with Gasteiger partial charge in [0.2, 0.25) is 0 Å². The summed E-state index contributed by atoms with van der Waals surface area (Å²) in [6.07, 6.45) is 1.63. The highest BCUT2D eigenvalue weighted by atomic mass is 32.2. The van der Waals surface area contributed by atoms with Gasteiger partial charge in [-0.25, -0.2) is 4.79 Å². The molecule has 0 spiro atoms. The van der Waals surface area contributed by atoms with Gasteiger partial charge in [0.1, 0.15) is 6.33 Å². The Kier molecular flexibility index (Phi) is 3.88. The number of urea groups is 1. The number of aryl methyl sites for hydroxylation is 1. The molecule has 0 radical (unpaired) electrons. The van der Waals surface area contributed by atoms with Crippen molar-refractivity contribution in [1.29, 1.82) is 0 Å². The van der Waals surface area contributed by atoms with Crippen molar-refractivity contribution in [1.82, 2.24) is 25.0 Å². The molecule has 2 rings (SSSR count). The molecule has 17 heavy (non-hydrogen) atoms. The molecule has 1 fully saturated rings. The van der Waals surface area contributed by atoms with Crippen LogP contribution in [0, 0.1) is 0 Å². The average molecular weight is 255 g/mol. The van der Waals surface area contributed by atoms with Gasteiger partial charge in [-0.2, -0.15) is 11.8 Å². The summed E-state index contributed by atoms with van der Waals surface area (Å²) < 4.78 is 1.82. The third-order valence-electron chi connectivity index (χ3n) is 2.77. The number of nitrogens with one attached hydrogen (secondary N) is 1. The maximum Gasteiger partial charge on any atom is 0.318 e. The smallest absolute Gasteiger partial charge is 0.318 e. The molecule has 1 atom stereocenters. The lowest BCUT2D eigenvalue weighted by atomic mass is 10.3. The highest BCUT2D eigenvalue weighted by molar-refractivity contribution is 7.99. The van der Waals surface area contributed by atoms with Crippen molar-refractivity contribution in [2.75, 3.05) is 24.6 Å². The standard InChI is InChI=1S/C10H17N5OS/c1-8(9-13-11-7-14(9)2)12-10(16)15-3-5-17-6-4-15/h7-8H,3-6H2,1-2H3,(H,12,16). The lowest BCUT2D eigenvalue weighted by molar-refractivity contribution is 0.199. The van der Waals surface area contributed by atoms with E-state index in [9.17, 15) is 4.79 Å². The zero-order valence-electron chi connectivity index (χ0n) is 10.1. The summed E-state index contributed by atoms with van der Waals surface area (Å²) in [5.74, 6) is 2.81. The van der Waals surface area contributed by atoms with Gasteiger partial charge in [0, 0.05) is 31.6 Å². The summed E-state index contributed by atoms with van der Waals surface area (Å²) in [4.78, 5) is 13.8. The van der Waals surface area contributed by atoms with Crippen molar-refractivity contribution < 1.29 is 4.79 Å². The number of carbonyl (C=O) groups is 1. The second-order valence-corrected chi connectivity index (χ2v) is 5.30. The fourth-order valence-electron chi connectivity index (χ4n) is 1.79. The minimum absolute atomic E-state index is 0.0131. The Morgan fingerprint density at radius 3 is 2.82 bits per heavy atom. The number of nitrogens with zero attached hydrogens (tertiary/aromatic N) is 4. The van der Waals surface area contributed by atoms with Gasteiger partial charge < -0.3 is 14.8 Å². The molecule has 1 N–H and O–H groups in total. The Morgan fingerprint density at radius 1 is 1.53 bits per heavy atom. The molecule has 0 aromatic carbocycles. The molecule has 2 heterocycles. The molecule has 1 saturated heterocycles. The highest BCUT2D eigenvalue weighted by Crippen LogP contribution is 2.12. The van der Waals surface area contributed by atoms with Crippen LogP contribution in [0.4, 0.5) is 4.79 Å². The number of hydrogen-bond donors (Lipinski definition) is 1. The van der Waals surface area contributed by atoms with Crippen LogP contribution in [-0.4, -0.2) is 50.3 Å². The predicted molar refractivity (Wildman–Crippen MR) is 66.8 cm³/mol. The zero-order valence-corrected chi connectivity index (χ0v) is 10.9. The molecule has 1 aromatic heterocycles. The maximum absolute atomic E-state index is 12.0. The number of hydrogen-bond acceptors (Lipinski definition) is 4. The topological polar surface area (TPSA) is 63.1 Å². The van der Waals surface area contributed by atoms with Crippen LogP contribution in [0.15, 0.2) is 6.33 Å². The van der Waals surface area contributed by atoms with Crippen LogP contribution in [0.5, 0.6) is 0 Å². The van der Waals surface area contributed by atoms with E-state index in [1.54, 1.807) is 6.33 Å². The average Bonchev–Trinajstić information content (AvgIpc) is 2.76. The second-order valence-electron chi connectivity index (χ2n) is 4.07. The van der Waals surface area contributed by atoms with E-state index in [-0.39, 0.29) is 12.1 Å². The summed E-state index contributed by atoms with van der Waals surface area (Å²) in [6.45, 7) is 3.56. The van der Waals surface area contributed by atoms with E-state index in [0.717, 1.165) is 30.4 Å². The molecule has 94 valence electrons. The zero-order chi connectivity index (χ0) is 12.3. The summed E-state index contributed by atoms with van der Waals surface area (Å²) in [7, 11) is 1.87. The van der Waals surface area contributed by atoms with Crippen molar-refractivity contribution >= 4 is 17.8 Å². The first-order valence-corrected chi connectivity index (χ1v) is 6.81. The first-order chi connectivity index (χ1) is 8.18. The van der Waals surface area contributed by atoms with Crippen LogP contribution in [0.2, 0.25) is 0 Å². The van der Waals surface area contributed by atoms with Crippen LogP contribution in [-0.2, 0) is 7.05 Å². The minimum atomic E-state index is -0.121. The molecular formula is C10H17N5OS. The van der Waals surface area contributed by atoms with E-state index in [0.29, 0.717) is 0 Å². The van der Waals surface area contributed by atoms with E-state index >= 15 is 0 Å². The Hall–Kier alpha value is -1.24. The van der Waals surface area contributed by atoms with E-state index in [2.05, 4.69) is 15.5 Å². The lowest BCUT2D eigenvalue weighted by Crippen LogP contribution is -2.45. The molecule has 7 heteroatoms. The fourth-order valence-corrected chi connectivity index (χ4v) is 2.69. The number of amides is 2. The quantitative estimate of drug-likeness (QED) is 0.842. The summed E-state index contributed by atoms with van der Waals surface area (Å²) >= 11 is 1.89. The Bertz CT molecular complexity index is 388. The number of aromatic nitrogens is 3. The van der Waals surface area contributed by atoms with Crippen molar-refractivity contribution in [3.8, 4) is 0 Å². The van der Waals surface area contributed by atoms with Crippen molar-refractivity contribution in [2.24, 2.45) is 7.05 Å². The third-order valence-corrected chi connectivity index (χ3v) is 3.71. The first kappa shape index (κ1) is 12.2. The number of carbonyl (C=O) groups excluding carboxylic acids is 1. The second kappa shape index (κ2) is 5.39. The molecule has 1 unspecified atom stereocenters. The predicted octanol–water partition coefficient (Wildman–Crippen LogP) is 0.634. The van der Waals surface area contributed by atoms with Crippen LogP contribution in [0.1, 0.15) is 18.8 Å². The van der Waals surface area contributed by atoms with E-state index in [4.69, 9.17) is 0 Å². The molecule has 0 bridgehead atoms. The van der Waals surface area contributed by atoms with Gasteiger partial charge in [0.25, 0.3) is 0 Å². The van der Waals surface area contributed by atoms with Gasteiger partial charge in [-0.1, -0.05) is 0 Å². The van der Waals surface area contributed by atoms with Gasteiger partial charge in [0.05, 0.1) is 6.04 Å². The molecule has 1 aliphatic heterocycles. The van der Waals surface area contributed by atoms with Crippen LogP contribution in [0.25, 0.3) is 0 Å². The van der Waals surface area contributed by atoms with Crippen molar-refractivity contribution in [3.63, 3.8) is 0 Å². The SMILES string of the molecule is CC(NC(=O)N1CCSCC1)c1nncn1C. The van der Waals surface area contributed by atoms with Crippen LogP contribution >= 0.6 is 11.8 Å². The molecule has 2 amide bonds. The summed E-state index contributed by atoms with van der Waals surface area (Å²) in [5.41, 5.74) is 0. The van der Waals surface area contributed by atoms with E-state index < -0.39 is 0 Å². The van der Waals surface area contributed by atoms with Crippen LogP contribution < -0.4 is 5.32 Å². The first-order valence-electron chi connectivity index (χ1n) is 5.65. The molecule has 0 saturated carbocycles. The molecule has 0 aliphatic carbocycles. The van der Waals surface area contributed by atoms with Gasteiger partial charge in [-0.15, -0.1) is 10.2 Å². The molecule has 1 aliphatic rings. The largest absolute Gasteiger partial charge is 0.328 e. The fraction of sp³-hybridized carbons (Fsp3) is 0.700. The van der Waals surface area contributed by atoms with Crippen LogP contribution in [0.3, 0.4) is 0 Å². The minimum Gasteiger partial charge on any atom is -0.328 e. The third kappa shape index (κ3) is 2.91.